The van der Waals surface area contributed by atoms with E-state index in [1.165, 1.54) is 0 Å². The molecule has 0 radical (unpaired) electrons. The van der Waals surface area contributed by atoms with E-state index in [1.807, 2.05) is 56.3 Å². The minimum Gasteiger partial charge on any atom is -0.509 e. The molecule has 6 heteroatoms. The molecule has 1 aliphatic rings. The van der Waals surface area contributed by atoms with Gasteiger partial charge in [-0.1, -0.05) is 42.5 Å². The predicted molar refractivity (Wildman–Crippen MR) is 105 cm³/mol. The molecule has 0 aliphatic heterocycles. The molecule has 2 aromatic carbocycles. The molecule has 6 N–H and O–H groups in total. The first-order valence-electron chi connectivity index (χ1n) is 9.21. The third-order valence-corrected chi connectivity index (χ3v) is 5.54. The number of allylic oxidation sites excluding steroid dienone is 1. The van der Waals surface area contributed by atoms with E-state index in [4.69, 9.17) is 5.11 Å². The van der Waals surface area contributed by atoms with Gasteiger partial charge in [-0.2, -0.15) is 0 Å². The third-order valence-electron chi connectivity index (χ3n) is 5.54. The lowest BCUT2D eigenvalue weighted by Crippen LogP contribution is -2.46. The Morgan fingerprint density at radius 1 is 0.929 bits per heavy atom. The number of aliphatic hydroxyl groups excluding tert-OH is 6. The van der Waals surface area contributed by atoms with Crippen LogP contribution in [0.4, 0.5) is 0 Å². The number of aliphatic hydroxyl groups is 6. The quantitative estimate of drug-likeness (QED) is 0.414. The van der Waals surface area contributed by atoms with Crippen LogP contribution >= 0.6 is 0 Å². The fraction of sp³-hybridized carbons (Fsp3) is 0.364. The lowest BCUT2D eigenvalue weighted by atomic mass is 9.85. The fourth-order valence-electron chi connectivity index (χ4n) is 4.01. The molecule has 28 heavy (non-hydrogen) atoms. The maximum absolute atomic E-state index is 10.9. The standard InChI is InChI=1S/C22H26O6/c1-11-8-9-14-12(2)16(11)17(13-6-4-3-5-7-13)18(14)20(26)22(28)21(27)19(25)15(24)10-23/h3-9,15,17,19,21-28H,10H2,1-2H3/t15-,17?,19-,21+,22+/m1/s1. The van der Waals surface area contributed by atoms with E-state index in [2.05, 4.69) is 0 Å². The first-order chi connectivity index (χ1) is 13.3. The molecule has 0 saturated carbocycles. The lowest BCUT2D eigenvalue weighted by molar-refractivity contribution is -0.112. The van der Waals surface area contributed by atoms with Crippen molar-refractivity contribution < 1.29 is 30.6 Å². The highest BCUT2D eigenvalue weighted by atomic mass is 16.4. The normalized spacial score (nSPS) is 21.9. The lowest BCUT2D eigenvalue weighted by Gasteiger charge is -2.27. The van der Waals surface area contributed by atoms with E-state index in [9.17, 15) is 25.5 Å². The van der Waals surface area contributed by atoms with Gasteiger partial charge in [0.25, 0.3) is 0 Å². The zero-order valence-corrected chi connectivity index (χ0v) is 15.8. The number of fused-ring (bicyclic) bond motifs is 2. The molecule has 0 saturated heterocycles. The van der Waals surface area contributed by atoms with E-state index in [0.717, 1.165) is 27.8 Å². The summed E-state index contributed by atoms with van der Waals surface area (Å²) in [5, 5.41) is 60.1. The van der Waals surface area contributed by atoms with Gasteiger partial charge >= 0.3 is 0 Å². The maximum Gasteiger partial charge on any atom is 0.139 e. The van der Waals surface area contributed by atoms with E-state index in [1.54, 1.807) is 0 Å². The van der Waals surface area contributed by atoms with Gasteiger partial charge in [-0.25, -0.2) is 0 Å². The molecule has 0 amide bonds. The Hall–Kier alpha value is -2.22. The van der Waals surface area contributed by atoms with Gasteiger partial charge in [0.2, 0.25) is 0 Å². The Morgan fingerprint density at radius 3 is 2.18 bits per heavy atom. The minimum atomic E-state index is -1.87. The Bertz CT molecular complexity index is 876. The number of benzene rings is 2. The van der Waals surface area contributed by atoms with Gasteiger partial charge in [0.1, 0.15) is 30.2 Å². The fourth-order valence-corrected chi connectivity index (χ4v) is 4.01. The molecule has 0 heterocycles. The van der Waals surface area contributed by atoms with Crippen LogP contribution in [0.15, 0.2) is 48.2 Å². The summed E-state index contributed by atoms with van der Waals surface area (Å²) in [5.41, 5.74) is 5.20. The van der Waals surface area contributed by atoms with Crippen molar-refractivity contribution in [2.45, 2.75) is 44.2 Å². The average molecular weight is 386 g/mol. The second-order valence-electron chi connectivity index (χ2n) is 7.29. The van der Waals surface area contributed by atoms with Crippen molar-refractivity contribution in [1.29, 1.82) is 0 Å². The van der Waals surface area contributed by atoms with Crippen LogP contribution in [0.1, 0.15) is 33.7 Å². The van der Waals surface area contributed by atoms with Crippen LogP contribution < -0.4 is 0 Å². The molecule has 0 fully saturated rings. The summed E-state index contributed by atoms with van der Waals surface area (Å²) in [4.78, 5) is 0. The molecule has 0 aromatic heterocycles. The first kappa shape index (κ1) is 20.5. The Labute approximate surface area is 163 Å². The van der Waals surface area contributed by atoms with Crippen molar-refractivity contribution in [2.75, 3.05) is 6.61 Å². The van der Waals surface area contributed by atoms with E-state index < -0.39 is 36.8 Å². The van der Waals surface area contributed by atoms with Gasteiger partial charge in [0.15, 0.2) is 0 Å². The minimum absolute atomic E-state index is 0.326. The number of aryl methyl sites for hydroxylation is 1. The summed E-state index contributed by atoms with van der Waals surface area (Å²) in [6, 6.07) is 13.3. The first-order valence-corrected chi connectivity index (χ1v) is 9.21. The summed E-state index contributed by atoms with van der Waals surface area (Å²) in [7, 11) is 0. The van der Waals surface area contributed by atoms with Crippen LogP contribution in [0.2, 0.25) is 0 Å². The van der Waals surface area contributed by atoms with Crippen molar-refractivity contribution in [3.63, 3.8) is 0 Å². The SMILES string of the molecule is Cc1ccc2c(C)c1C(c1ccccc1)C2=C(O)[C@H](O)[C@@H](O)[C@H](O)[C@H](O)CO. The zero-order chi connectivity index (χ0) is 20.6. The molecule has 3 rings (SSSR count). The molecule has 2 bridgehead atoms. The third kappa shape index (κ3) is 3.34. The monoisotopic (exact) mass is 386 g/mol. The molecule has 1 aliphatic carbocycles. The number of rotatable bonds is 6. The summed E-state index contributed by atoms with van der Waals surface area (Å²) in [6.45, 7) is 3.14. The van der Waals surface area contributed by atoms with Crippen LogP contribution in [-0.4, -0.2) is 61.7 Å². The van der Waals surface area contributed by atoms with E-state index in [0.29, 0.717) is 5.57 Å². The van der Waals surface area contributed by atoms with Gasteiger partial charge in [-0.05, 0) is 41.7 Å². The molecule has 1 unspecified atom stereocenters. The molecule has 0 spiro atoms. The summed E-state index contributed by atoms with van der Waals surface area (Å²) in [5.74, 6) is -0.790. The van der Waals surface area contributed by atoms with Gasteiger partial charge in [0, 0.05) is 11.5 Å². The zero-order valence-electron chi connectivity index (χ0n) is 15.8. The smallest absolute Gasteiger partial charge is 0.139 e. The second kappa shape index (κ2) is 8.03. The number of hydrogen-bond acceptors (Lipinski definition) is 6. The van der Waals surface area contributed by atoms with Gasteiger partial charge in [-0.3, -0.25) is 0 Å². The highest BCUT2D eigenvalue weighted by molar-refractivity contribution is 5.86. The maximum atomic E-state index is 10.9. The Balaban J connectivity index is 2.11. The van der Waals surface area contributed by atoms with E-state index in [-0.39, 0.29) is 5.92 Å². The summed E-state index contributed by atoms with van der Waals surface area (Å²) in [6.07, 6.45) is -7.15. The highest BCUT2D eigenvalue weighted by Crippen LogP contribution is 2.50. The van der Waals surface area contributed by atoms with E-state index >= 15 is 0 Å². The van der Waals surface area contributed by atoms with Gasteiger partial charge in [-0.15, -0.1) is 0 Å². The molecular weight excluding hydrogens is 360 g/mol. The second-order valence-corrected chi connectivity index (χ2v) is 7.29. The Kier molecular flexibility index (Phi) is 5.88. The Morgan fingerprint density at radius 2 is 1.57 bits per heavy atom. The van der Waals surface area contributed by atoms with Crippen LogP contribution in [-0.2, 0) is 0 Å². The summed E-state index contributed by atoms with van der Waals surface area (Å²) < 4.78 is 0. The highest BCUT2D eigenvalue weighted by Gasteiger charge is 2.39. The van der Waals surface area contributed by atoms with Crippen molar-refractivity contribution in [3.8, 4) is 0 Å². The average Bonchev–Trinajstić information content (AvgIpc) is 2.91. The molecule has 6 nitrogen and oxygen atoms in total. The van der Waals surface area contributed by atoms with Crippen LogP contribution in [0.5, 0.6) is 0 Å². The molecule has 5 atom stereocenters. The van der Waals surface area contributed by atoms with Crippen LogP contribution in [0, 0.1) is 13.8 Å². The molecule has 150 valence electrons. The van der Waals surface area contributed by atoms with Crippen molar-refractivity contribution in [3.05, 3.63) is 76.0 Å². The topological polar surface area (TPSA) is 121 Å². The number of hydrogen-bond donors (Lipinski definition) is 6. The predicted octanol–water partition coefficient (Wildman–Crippen LogP) is 1.15. The molecular formula is C22H26O6. The van der Waals surface area contributed by atoms with Crippen LogP contribution in [0.25, 0.3) is 5.57 Å². The van der Waals surface area contributed by atoms with Crippen LogP contribution in [0.3, 0.4) is 0 Å². The van der Waals surface area contributed by atoms with Gasteiger partial charge < -0.3 is 30.6 Å². The van der Waals surface area contributed by atoms with Crippen molar-refractivity contribution in [1.82, 2.24) is 0 Å². The van der Waals surface area contributed by atoms with Crippen molar-refractivity contribution in [2.24, 2.45) is 0 Å². The molecule has 2 aromatic rings. The van der Waals surface area contributed by atoms with Crippen molar-refractivity contribution >= 4 is 5.57 Å². The van der Waals surface area contributed by atoms with Gasteiger partial charge in [0.05, 0.1) is 6.61 Å². The largest absolute Gasteiger partial charge is 0.509 e. The summed E-state index contributed by atoms with van der Waals surface area (Å²) >= 11 is 0.